The first kappa shape index (κ1) is 40.6. The third-order valence-electron chi connectivity index (χ3n) is 13.2. The molecule has 12 heteroatoms. The highest BCUT2D eigenvalue weighted by Gasteiger charge is 2.65. The summed E-state index contributed by atoms with van der Waals surface area (Å²) >= 11 is 8.91. The second-order valence-electron chi connectivity index (χ2n) is 17.1. The van der Waals surface area contributed by atoms with Crippen LogP contribution in [0, 0.1) is 8.99 Å². The van der Waals surface area contributed by atoms with Crippen molar-refractivity contribution in [3.8, 4) is 0 Å². The summed E-state index contributed by atoms with van der Waals surface area (Å²) in [6, 6.07) is 30.7. The Kier molecular flexibility index (Phi) is 12.0. The number of hydrogen-bond donors (Lipinski definition) is 3. The molecule has 1 aliphatic heterocycles. The molecule has 5 atom stereocenters. The Bertz CT molecular complexity index is 2170. The van der Waals surface area contributed by atoms with Gasteiger partial charge in [0, 0.05) is 38.5 Å². The lowest BCUT2D eigenvalue weighted by Crippen LogP contribution is -2.58. The Morgan fingerprint density at radius 3 is 2.26 bits per heavy atom. The fraction of sp³-hybridized carbons (Fsp3) is 0.413. The number of pyridine rings is 1. The van der Waals surface area contributed by atoms with Crippen LogP contribution in [0.4, 0.5) is 5.82 Å². The van der Waals surface area contributed by atoms with Gasteiger partial charge in [0.1, 0.15) is 11.0 Å². The first-order valence-electron chi connectivity index (χ1n) is 20.3. The van der Waals surface area contributed by atoms with Crippen LogP contribution >= 0.6 is 34.2 Å². The van der Waals surface area contributed by atoms with Crippen LogP contribution in [-0.2, 0) is 9.59 Å². The Morgan fingerprint density at radius 2 is 1.62 bits per heavy atom. The van der Waals surface area contributed by atoms with Crippen LogP contribution in [-0.4, -0.2) is 55.1 Å². The number of likely N-dealkylation sites (tertiary alicyclic amines) is 1. The smallest absolute Gasteiger partial charge is 0.238 e. The minimum Gasteiger partial charge on any atom is -0.428 e. The molecule has 10 nitrogen and oxygen atoms in total. The predicted octanol–water partition coefficient (Wildman–Crippen LogP) is 9.50. The van der Waals surface area contributed by atoms with Crippen LogP contribution in [0.25, 0.3) is 0 Å². The molecule has 302 valence electrons. The zero-order valence-electron chi connectivity index (χ0n) is 32.8. The van der Waals surface area contributed by atoms with Crippen LogP contribution in [0.15, 0.2) is 108 Å². The van der Waals surface area contributed by atoms with E-state index < -0.39 is 29.6 Å². The van der Waals surface area contributed by atoms with Gasteiger partial charge in [0.2, 0.25) is 24.6 Å². The number of hydrogen-bond acceptors (Lipinski definition) is 8. The minimum atomic E-state index is -0.984. The van der Waals surface area contributed by atoms with Gasteiger partial charge in [-0.15, -0.1) is 10.2 Å². The lowest BCUT2D eigenvalue weighted by Gasteiger charge is -2.53. The number of aliphatic hydroxyl groups excluding tert-OH is 1. The van der Waals surface area contributed by atoms with Crippen molar-refractivity contribution in [2.24, 2.45) is 5.41 Å². The van der Waals surface area contributed by atoms with E-state index in [1.165, 1.54) is 6.39 Å². The summed E-state index contributed by atoms with van der Waals surface area (Å²) in [7, 11) is 0. The van der Waals surface area contributed by atoms with E-state index in [0.717, 1.165) is 77.2 Å². The molecule has 2 saturated carbocycles. The number of amides is 2. The highest BCUT2D eigenvalue weighted by molar-refractivity contribution is 14.1. The molecule has 3 aliphatic rings. The van der Waals surface area contributed by atoms with Gasteiger partial charge in [-0.2, -0.15) is 0 Å². The van der Waals surface area contributed by atoms with Crippen molar-refractivity contribution in [2.45, 2.75) is 113 Å². The van der Waals surface area contributed by atoms with E-state index >= 15 is 4.79 Å². The van der Waals surface area contributed by atoms with Gasteiger partial charge >= 0.3 is 0 Å². The van der Waals surface area contributed by atoms with Crippen molar-refractivity contribution < 1.29 is 19.1 Å². The summed E-state index contributed by atoms with van der Waals surface area (Å²) in [6.07, 6.45) is 7.50. The van der Waals surface area contributed by atoms with E-state index in [9.17, 15) is 9.90 Å². The monoisotopic (exact) mass is 912 g/mol. The molecule has 0 bridgehead atoms. The summed E-state index contributed by atoms with van der Waals surface area (Å²) in [4.78, 5) is 35.2. The maximum atomic E-state index is 15.8. The van der Waals surface area contributed by atoms with Crippen LogP contribution < -0.4 is 10.6 Å². The fourth-order valence-corrected chi connectivity index (χ4v) is 11.1. The van der Waals surface area contributed by atoms with Gasteiger partial charge in [-0.25, -0.2) is 4.98 Å². The van der Waals surface area contributed by atoms with Crippen LogP contribution in [0.5, 0.6) is 0 Å². The second-order valence-corrected chi connectivity index (χ2v) is 18.7. The molecule has 0 radical (unpaired) electrons. The molecule has 8 rings (SSSR count). The van der Waals surface area contributed by atoms with Crippen LogP contribution in [0.3, 0.4) is 0 Å². The molecule has 58 heavy (non-hydrogen) atoms. The highest BCUT2D eigenvalue weighted by Crippen LogP contribution is 2.65. The number of carbonyl (C=O) groups is 2. The maximum Gasteiger partial charge on any atom is 0.238 e. The lowest BCUT2D eigenvalue weighted by molar-refractivity contribution is -0.133. The van der Waals surface area contributed by atoms with Crippen molar-refractivity contribution in [3.05, 3.63) is 140 Å². The normalized spacial score (nSPS) is 25.2. The standard InChI is InChI=1S/C46H50ClIN6O4/c1-45(2)22-24-46(25-23-45)38(35-20-21-36(47)52-42(35)49-27-55)37(32-14-9-15-33(48)26-32)40(43(57)51-34-18-16-31(17-19-34)44-53-50-28-58-44)54(46)39(29-10-5-3-6-11-29)41(56)30-12-7-4-8-13-30/h3-15,20-21,26-28,31,34,37-41,56H,16-19,22-25H2,1-2H3,(H,51,57)(H,49,52,55)/t31-,34-,37-,38?,39-,40-,41+/m1/s1. The van der Waals surface area contributed by atoms with Gasteiger partial charge in [0.25, 0.3) is 0 Å². The molecule has 1 unspecified atom stereocenters. The molecule has 3 heterocycles. The number of halogens is 2. The molecule has 1 saturated heterocycles. The minimum absolute atomic E-state index is 0.0544. The highest BCUT2D eigenvalue weighted by atomic mass is 127. The van der Waals surface area contributed by atoms with E-state index in [-0.39, 0.29) is 34.4 Å². The summed E-state index contributed by atoms with van der Waals surface area (Å²) in [5.41, 5.74) is 2.90. The molecule has 1 spiro atoms. The number of carbonyl (C=O) groups excluding carboxylic acids is 2. The number of nitrogens with one attached hydrogen (secondary N) is 2. The Hall–Kier alpha value is -4.17. The van der Waals surface area contributed by atoms with E-state index in [4.69, 9.17) is 21.0 Å². The van der Waals surface area contributed by atoms with Gasteiger partial charge in [-0.1, -0.05) is 104 Å². The zero-order chi connectivity index (χ0) is 40.4. The van der Waals surface area contributed by atoms with E-state index in [0.29, 0.717) is 18.1 Å². The summed E-state index contributed by atoms with van der Waals surface area (Å²) in [5.74, 6) is 0.354. The van der Waals surface area contributed by atoms with Crippen molar-refractivity contribution in [3.63, 3.8) is 0 Å². The lowest BCUT2D eigenvalue weighted by atomic mass is 9.61. The van der Waals surface area contributed by atoms with E-state index in [2.05, 4.69) is 98.6 Å². The maximum absolute atomic E-state index is 15.8. The van der Waals surface area contributed by atoms with E-state index in [1.54, 1.807) is 6.07 Å². The van der Waals surface area contributed by atoms with Crippen molar-refractivity contribution in [2.75, 3.05) is 5.32 Å². The number of aliphatic hydroxyl groups is 1. The Labute approximate surface area is 358 Å². The largest absolute Gasteiger partial charge is 0.428 e. The van der Waals surface area contributed by atoms with E-state index in [1.807, 2.05) is 54.6 Å². The van der Waals surface area contributed by atoms with Crippen LogP contribution in [0.1, 0.15) is 123 Å². The van der Waals surface area contributed by atoms with Gasteiger partial charge < -0.3 is 20.2 Å². The molecule has 3 aromatic carbocycles. The number of aromatic nitrogens is 3. The average molecular weight is 913 g/mol. The molecule has 2 aromatic heterocycles. The molecule has 2 amide bonds. The topological polar surface area (TPSA) is 133 Å². The SMILES string of the molecule is CC1(C)CCC2(CC1)C(c1ccc(Cl)nc1NC=O)[C@@H](c1cccc(I)c1)[C@H](C(=O)N[C@H]1CC[C@H](c3nnco3)CC1)N2[C@H](c1ccccc1)[C@@H](O)c1ccccc1. The van der Waals surface area contributed by atoms with Crippen molar-refractivity contribution in [1.29, 1.82) is 0 Å². The number of benzene rings is 3. The predicted molar refractivity (Wildman–Crippen MR) is 232 cm³/mol. The first-order valence-corrected chi connectivity index (χ1v) is 21.8. The summed E-state index contributed by atoms with van der Waals surface area (Å²) in [5, 5.41) is 27.7. The third-order valence-corrected chi connectivity index (χ3v) is 14.0. The van der Waals surface area contributed by atoms with Gasteiger partial charge in [-0.3, -0.25) is 14.5 Å². The van der Waals surface area contributed by atoms with Crippen molar-refractivity contribution in [1.82, 2.24) is 25.4 Å². The Morgan fingerprint density at radius 1 is 0.931 bits per heavy atom. The van der Waals surface area contributed by atoms with Gasteiger partial charge in [-0.05, 0) is 114 Å². The molecular formula is C46H50ClIN6O4. The fourth-order valence-electron chi connectivity index (χ4n) is 10.3. The summed E-state index contributed by atoms with van der Waals surface area (Å²) in [6.45, 7) is 4.63. The average Bonchev–Trinajstić information content (AvgIpc) is 3.87. The number of nitrogens with zero attached hydrogens (tertiary/aromatic N) is 4. The second kappa shape index (κ2) is 17.2. The van der Waals surface area contributed by atoms with Crippen molar-refractivity contribution >= 4 is 52.3 Å². The quantitative estimate of drug-likeness (QED) is 0.0679. The zero-order valence-corrected chi connectivity index (χ0v) is 35.7. The van der Waals surface area contributed by atoms with Gasteiger partial charge in [0.05, 0.1) is 18.2 Å². The first-order chi connectivity index (χ1) is 28.1. The molecule has 5 aromatic rings. The molecule has 3 N–H and O–H groups in total. The third kappa shape index (κ3) is 8.07. The Balaban J connectivity index is 1.36. The van der Waals surface area contributed by atoms with Gasteiger partial charge in [0.15, 0.2) is 0 Å². The number of anilines is 1. The molecular weight excluding hydrogens is 863 g/mol. The molecule has 3 fully saturated rings. The number of rotatable bonds is 11. The van der Waals surface area contributed by atoms with Crippen LogP contribution in [0.2, 0.25) is 5.15 Å². The summed E-state index contributed by atoms with van der Waals surface area (Å²) < 4.78 is 6.62. The molecule has 2 aliphatic carbocycles.